The van der Waals surface area contributed by atoms with Gasteiger partial charge in [0.25, 0.3) is 5.95 Å². The van der Waals surface area contributed by atoms with Crippen LogP contribution in [0.25, 0.3) is 0 Å². The van der Waals surface area contributed by atoms with Crippen molar-refractivity contribution in [3.05, 3.63) is 29.6 Å². The molecule has 9 heteroatoms. The second-order valence-electron chi connectivity index (χ2n) is 5.65. The minimum absolute atomic E-state index is 0.00656. The summed E-state index contributed by atoms with van der Waals surface area (Å²) in [6.07, 6.45) is 0. The molecule has 0 aliphatic heterocycles. The fourth-order valence-electron chi connectivity index (χ4n) is 2.57. The zero-order chi connectivity index (χ0) is 20.0. The predicted molar refractivity (Wildman–Crippen MR) is 101 cm³/mol. The van der Waals surface area contributed by atoms with Crippen molar-refractivity contribution in [3.8, 4) is 12.1 Å². The summed E-state index contributed by atoms with van der Waals surface area (Å²) in [5.41, 5.74) is 2.03. The van der Waals surface area contributed by atoms with E-state index in [2.05, 4.69) is 39.3 Å². The zero-order valence-electron chi connectivity index (χ0n) is 15.7. The summed E-state index contributed by atoms with van der Waals surface area (Å²) in [6, 6.07) is 9.26. The number of hydrogen-bond donors (Lipinski definition) is 1. The number of rotatable bonds is 6. The number of nitriles is 2. The van der Waals surface area contributed by atoms with E-state index in [0.717, 1.165) is 18.8 Å². The lowest BCUT2D eigenvalue weighted by molar-refractivity contribution is -0.114. The first-order valence-electron chi connectivity index (χ1n) is 8.40. The first-order valence-corrected chi connectivity index (χ1v) is 8.40. The summed E-state index contributed by atoms with van der Waals surface area (Å²) >= 11 is 0. The number of carbonyl (C=O) groups excluding carboxylic acids is 1. The highest BCUT2D eigenvalue weighted by Crippen LogP contribution is 2.31. The molecule has 0 aliphatic rings. The molecule has 0 aliphatic carbocycles. The van der Waals surface area contributed by atoms with E-state index in [1.54, 1.807) is 13.1 Å². The Kier molecular flexibility index (Phi) is 6.23. The number of azo groups is 1. The summed E-state index contributed by atoms with van der Waals surface area (Å²) in [4.78, 5) is 17.7. The molecule has 0 bridgehead atoms. The van der Waals surface area contributed by atoms with Gasteiger partial charge in [0.1, 0.15) is 17.8 Å². The predicted octanol–water partition coefficient (Wildman–Crippen LogP) is 3.38. The van der Waals surface area contributed by atoms with E-state index < -0.39 is 0 Å². The molecule has 0 saturated heterocycles. The number of anilines is 2. The van der Waals surface area contributed by atoms with Crippen LogP contribution in [0.15, 0.2) is 28.4 Å². The molecule has 0 spiro atoms. The third kappa shape index (κ3) is 4.28. The Labute approximate surface area is 157 Å². The quantitative estimate of drug-likeness (QED) is 0.787. The Morgan fingerprint density at radius 1 is 1.26 bits per heavy atom. The summed E-state index contributed by atoms with van der Waals surface area (Å²) in [7, 11) is 1.58. The molecule has 1 heterocycles. The molecule has 138 valence electrons. The number of aromatic nitrogens is 2. The van der Waals surface area contributed by atoms with Gasteiger partial charge < -0.3 is 14.8 Å². The van der Waals surface area contributed by atoms with Gasteiger partial charge >= 0.3 is 0 Å². The van der Waals surface area contributed by atoms with Crippen LogP contribution in [0.5, 0.6) is 0 Å². The van der Waals surface area contributed by atoms with Gasteiger partial charge in [-0.3, -0.25) is 4.79 Å². The molecule has 2 rings (SSSR count). The Morgan fingerprint density at radius 3 is 2.48 bits per heavy atom. The molecule has 1 aromatic carbocycles. The van der Waals surface area contributed by atoms with Crippen molar-refractivity contribution in [1.29, 1.82) is 10.5 Å². The largest absolute Gasteiger partial charge is 0.372 e. The maximum atomic E-state index is 11.6. The van der Waals surface area contributed by atoms with Gasteiger partial charge in [-0.15, -0.1) is 10.2 Å². The fraction of sp³-hybridized carbons (Fsp3) is 0.333. The molecule has 0 unspecified atom stereocenters. The summed E-state index contributed by atoms with van der Waals surface area (Å²) < 4.78 is 1.39. The highest BCUT2D eigenvalue weighted by atomic mass is 16.1. The second-order valence-corrected chi connectivity index (χ2v) is 5.65. The van der Waals surface area contributed by atoms with Gasteiger partial charge in [0, 0.05) is 32.7 Å². The summed E-state index contributed by atoms with van der Waals surface area (Å²) in [5.74, 6) is -0.0941. The first-order chi connectivity index (χ1) is 12.9. The molecular formula is C18H20N8O. The van der Waals surface area contributed by atoms with Gasteiger partial charge in [-0.1, -0.05) is 0 Å². The van der Waals surface area contributed by atoms with E-state index in [9.17, 15) is 4.79 Å². The molecule has 2 aromatic rings. The second kappa shape index (κ2) is 8.59. The molecule has 0 atom stereocenters. The van der Waals surface area contributed by atoms with Crippen molar-refractivity contribution in [2.24, 2.45) is 17.3 Å². The third-order valence-corrected chi connectivity index (χ3v) is 3.95. The average molecular weight is 364 g/mol. The van der Waals surface area contributed by atoms with Gasteiger partial charge in [0.05, 0.1) is 5.69 Å². The zero-order valence-corrected chi connectivity index (χ0v) is 15.7. The van der Waals surface area contributed by atoms with Gasteiger partial charge in [-0.05, 0) is 32.0 Å². The molecular weight excluding hydrogens is 344 g/mol. The highest BCUT2D eigenvalue weighted by molar-refractivity contribution is 5.92. The SMILES string of the molecule is CCN(CC)c1ccc(N=Nc2nc(C#N)c(C#N)n2C)c(NC(C)=O)c1. The van der Waals surface area contributed by atoms with Crippen LogP contribution >= 0.6 is 0 Å². The van der Waals surface area contributed by atoms with Crippen LogP contribution < -0.4 is 10.2 Å². The van der Waals surface area contributed by atoms with Crippen LogP contribution in [-0.2, 0) is 11.8 Å². The molecule has 1 aromatic heterocycles. The molecule has 1 amide bonds. The van der Waals surface area contributed by atoms with E-state index in [0.29, 0.717) is 11.4 Å². The summed E-state index contributed by atoms with van der Waals surface area (Å²) in [6.45, 7) is 7.18. The van der Waals surface area contributed by atoms with Gasteiger partial charge in [0.15, 0.2) is 11.4 Å². The van der Waals surface area contributed by atoms with E-state index in [1.807, 2.05) is 24.3 Å². The normalized spacial score (nSPS) is 10.4. The van der Waals surface area contributed by atoms with Crippen LogP contribution in [0.2, 0.25) is 0 Å². The van der Waals surface area contributed by atoms with Gasteiger partial charge in [-0.2, -0.15) is 15.5 Å². The lowest BCUT2D eigenvalue weighted by Gasteiger charge is -2.22. The number of nitrogens with zero attached hydrogens (tertiary/aromatic N) is 7. The van der Waals surface area contributed by atoms with Crippen molar-refractivity contribution in [1.82, 2.24) is 9.55 Å². The van der Waals surface area contributed by atoms with Crippen molar-refractivity contribution in [3.63, 3.8) is 0 Å². The lowest BCUT2D eigenvalue weighted by Crippen LogP contribution is -2.21. The molecule has 9 nitrogen and oxygen atoms in total. The van der Waals surface area contributed by atoms with Crippen molar-refractivity contribution in [2.75, 3.05) is 23.3 Å². The molecule has 1 N–H and O–H groups in total. The number of carbonyl (C=O) groups is 1. The first kappa shape index (κ1) is 19.6. The third-order valence-electron chi connectivity index (χ3n) is 3.95. The molecule has 0 radical (unpaired) electrons. The van der Waals surface area contributed by atoms with E-state index in [1.165, 1.54) is 11.5 Å². The highest BCUT2D eigenvalue weighted by Gasteiger charge is 2.14. The van der Waals surface area contributed by atoms with Crippen LogP contribution in [0.1, 0.15) is 32.2 Å². The van der Waals surface area contributed by atoms with Gasteiger partial charge in [-0.25, -0.2) is 0 Å². The molecule has 0 saturated carbocycles. The van der Waals surface area contributed by atoms with Gasteiger partial charge in [0.2, 0.25) is 5.91 Å². The maximum Gasteiger partial charge on any atom is 0.251 e. The average Bonchev–Trinajstić information content (AvgIpc) is 2.96. The van der Waals surface area contributed by atoms with Crippen molar-refractivity contribution >= 4 is 28.9 Å². The minimum atomic E-state index is -0.223. The number of benzene rings is 1. The topological polar surface area (TPSA) is 122 Å². The Hall–Kier alpha value is -3.72. The summed E-state index contributed by atoms with van der Waals surface area (Å²) in [5, 5.41) is 29.1. The van der Waals surface area contributed by atoms with Crippen molar-refractivity contribution < 1.29 is 4.79 Å². The smallest absolute Gasteiger partial charge is 0.251 e. The van der Waals surface area contributed by atoms with Crippen LogP contribution in [0, 0.1) is 22.7 Å². The molecule has 0 fully saturated rings. The Bertz CT molecular complexity index is 957. The van der Waals surface area contributed by atoms with Crippen molar-refractivity contribution in [2.45, 2.75) is 20.8 Å². The minimum Gasteiger partial charge on any atom is -0.372 e. The number of hydrogen-bond acceptors (Lipinski definition) is 7. The Morgan fingerprint density at radius 2 is 1.96 bits per heavy atom. The lowest BCUT2D eigenvalue weighted by atomic mass is 10.2. The maximum absolute atomic E-state index is 11.6. The number of nitrogens with one attached hydrogen (secondary N) is 1. The standard InChI is InChI=1S/C18H20N8O/c1-5-26(6-2)13-7-8-14(15(9-13)21-12(3)27)23-24-18-22-16(10-19)17(11-20)25(18)4/h7-9H,5-6H2,1-4H3,(H,21,27). The number of imidazole rings is 1. The van der Waals surface area contributed by atoms with Crippen LogP contribution in [0.4, 0.5) is 23.0 Å². The van der Waals surface area contributed by atoms with Crippen LogP contribution in [0.3, 0.4) is 0 Å². The van der Waals surface area contributed by atoms with E-state index >= 15 is 0 Å². The fourth-order valence-corrected chi connectivity index (χ4v) is 2.57. The van der Waals surface area contributed by atoms with E-state index in [4.69, 9.17) is 10.5 Å². The monoisotopic (exact) mass is 364 g/mol. The van der Waals surface area contributed by atoms with Crippen LogP contribution in [-0.4, -0.2) is 28.5 Å². The molecule has 27 heavy (non-hydrogen) atoms. The number of amides is 1. The Balaban J connectivity index is 2.45. The van der Waals surface area contributed by atoms with E-state index in [-0.39, 0.29) is 23.2 Å².